The summed E-state index contributed by atoms with van der Waals surface area (Å²) in [4.78, 5) is 7.66. The molecule has 1 saturated heterocycles. The van der Waals surface area contributed by atoms with Gasteiger partial charge < -0.3 is 15.3 Å². The van der Waals surface area contributed by atoms with Crippen molar-refractivity contribution in [1.29, 1.82) is 0 Å². The molecular formula is C27H41N3O. The van der Waals surface area contributed by atoms with E-state index in [1.54, 1.807) is 0 Å². The van der Waals surface area contributed by atoms with Gasteiger partial charge in [0, 0.05) is 37.7 Å². The van der Waals surface area contributed by atoms with Gasteiger partial charge in [-0.15, -0.1) is 0 Å². The minimum Gasteiger partial charge on any atom is -0.396 e. The molecule has 0 aromatic heterocycles. The smallest absolute Gasteiger partial charge is 0.105 e. The van der Waals surface area contributed by atoms with E-state index < -0.39 is 0 Å². The van der Waals surface area contributed by atoms with E-state index in [0.29, 0.717) is 12.0 Å². The maximum absolute atomic E-state index is 9.02. The third-order valence-electron chi connectivity index (χ3n) is 7.67. The molecule has 170 valence electrons. The molecule has 4 nitrogen and oxygen atoms in total. The zero-order valence-corrected chi connectivity index (χ0v) is 20.2. The highest BCUT2D eigenvalue weighted by atomic mass is 16.3. The number of hydrogen-bond donors (Lipinski definition) is 2. The van der Waals surface area contributed by atoms with E-state index in [9.17, 15) is 0 Å². The van der Waals surface area contributed by atoms with Crippen LogP contribution in [0.15, 0.2) is 29.3 Å². The SMILES string of the molecule is CC1C=C(c2ccc3c(c2)C(C)(C)CCC3(C)C)N=C(N2CCC(NCCCO)C2)C1. The maximum atomic E-state index is 9.02. The van der Waals surface area contributed by atoms with Gasteiger partial charge in [-0.1, -0.05) is 52.8 Å². The van der Waals surface area contributed by atoms with Gasteiger partial charge in [-0.25, -0.2) is 4.99 Å². The van der Waals surface area contributed by atoms with Crippen LogP contribution in [-0.4, -0.2) is 48.1 Å². The van der Waals surface area contributed by atoms with E-state index in [1.807, 2.05) is 0 Å². The van der Waals surface area contributed by atoms with Crippen LogP contribution in [0.2, 0.25) is 0 Å². The van der Waals surface area contributed by atoms with E-state index in [4.69, 9.17) is 10.1 Å². The molecule has 1 aliphatic carbocycles. The van der Waals surface area contributed by atoms with Crippen LogP contribution in [0.5, 0.6) is 0 Å². The zero-order valence-electron chi connectivity index (χ0n) is 20.2. The number of fused-ring (bicyclic) bond motifs is 1. The lowest BCUT2D eigenvalue weighted by Crippen LogP contribution is -2.36. The van der Waals surface area contributed by atoms with Crippen molar-refractivity contribution in [2.24, 2.45) is 10.9 Å². The lowest BCUT2D eigenvalue weighted by molar-refractivity contribution is 0.283. The molecule has 3 aliphatic rings. The summed E-state index contributed by atoms with van der Waals surface area (Å²) >= 11 is 0. The molecule has 4 heteroatoms. The molecule has 2 heterocycles. The molecule has 2 atom stereocenters. The normalized spacial score (nSPS) is 27.0. The first-order chi connectivity index (χ1) is 14.7. The third kappa shape index (κ3) is 4.75. The second-order valence-corrected chi connectivity index (χ2v) is 11.3. The molecule has 1 fully saturated rings. The average Bonchev–Trinajstić information content (AvgIpc) is 3.20. The van der Waals surface area contributed by atoms with E-state index >= 15 is 0 Å². The number of allylic oxidation sites excluding steroid dienone is 1. The topological polar surface area (TPSA) is 47.9 Å². The number of likely N-dealkylation sites (tertiary alicyclic amines) is 1. The van der Waals surface area contributed by atoms with Gasteiger partial charge in [0.2, 0.25) is 0 Å². The summed E-state index contributed by atoms with van der Waals surface area (Å²) < 4.78 is 0. The molecule has 0 radical (unpaired) electrons. The number of aliphatic imine (C=N–C) groups is 1. The number of rotatable bonds is 5. The van der Waals surface area contributed by atoms with Crippen molar-refractivity contribution in [2.45, 2.75) is 83.6 Å². The van der Waals surface area contributed by atoms with Crippen molar-refractivity contribution in [1.82, 2.24) is 10.2 Å². The first kappa shape index (κ1) is 22.5. The zero-order chi connectivity index (χ0) is 22.2. The quantitative estimate of drug-likeness (QED) is 0.665. The van der Waals surface area contributed by atoms with Crippen molar-refractivity contribution < 1.29 is 5.11 Å². The summed E-state index contributed by atoms with van der Waals surface area (Å²) in [6.45, 7) is 15.1. The molecule has 0 spiro atoms. The van der Waals surface area contributed by atoms with E-state index in [-0.39, 0.29) is 17.4 Å². The van der Waals surface area contributed by atoms with Gasteiger partial charge in [0.25, 0.3) is 0 Å². The van der Waals surface area contributed by atoms with Crippen molar-refractivity contribution in [3.8, 4) is 0 Å². The van der Waals surface area contributed by atoms with Crippen LogP contribution in [0, 0.1) is 5.92 Å². The Morgan fingerprint density at radius 2 is 1.87 bits per heavy atom. The molecule has 0 amide bonds. The molecule has 0 saturated carbocycles. The largest absolute Gasteiger partial charge is 0.396 e. The van der Waals surface area contributed by atoms with Gasteiger partial charge in [-0.2, -0.15) is 0 Å². The molecule has 2 aliphatic heterocycles. The molecule has 31 heavy (non-hydrogen) atoms. The second-order valence-electron chi connectivity index (χ2n) is 11.3. The highest BCUT2D eigenvalue weighted by molar-refractivity contribution is 5.91. The number of nitrogens with one attached hydrogen (secondary N) is 1. The number of aliphatic hydroxyl groups excluding tert-OH is 1. The predicted octanol–water partition coefficient (Wildman–Crippen LogP) is 4.86. The molecule has 4 rings (SSSR count). The van der Waals surface area contributed by atoms with Crippen LogP contribution in [-0.2, 0) is 10.8 Å². The van der Waals surface area contributed by atoms with Crippen LogP contribution in [0.4, 0.5) is 0 Å². The standard InChI is InChI=1S/C27H41N3O/c1-19-15-24(29-25(16-19)30-13-9-21(18-30)28-12-6-14-31)20-7-8-22-23(17-20)27(4,5)11-10-26(22,2)3/h7-8,15,17,19,21,28,31H,6,9-14,16,18H2,1-5H3. The first-order valence-corrected chi connectivity index (χ1v) is 12.2. The van der Waals surface area contributed by atoms with Gasteiger partial charge in [0.05, 0.1) is 5.70 Å². The summed E-state index contributed by atoms with van der Waals surface area (Å²) in [5.41, 5.74) is 5.90. The van der Waals surface area contributed by atoms with Crippen LogP contribution in [0.3, 0.4) is 0 Å². The fraction of sp³-hybridized carbons (Fsp3) is 0.667. The minimum absolute atomic E-state index is 0.219. The van der Waals surface area contributed by atoms with E-state index in [1.165, 1.54) is 35.4 Å². The van der Waals surface area contributed by atoms with Crippen molar-refractivity contribution in [2.75, 3.05) is 26.2 Å². The summed E-state index contributed by atoms with van der Waals surface area (Å²) in [5.74, 6) is 1.75. The maximum Gasteiger partial charge on any atom is 0.105 e. The molecule has 2 N–H and O–H groups in total. The number of nitrogens with zero attached hydrogens (tertiary/aromatic N) is 2. The summed E-state index contributed by atoms with van der Waals surface area (Å²) in [6, 6.07) is 7.61. The molecule has 1 aromatic rings. The lowest BCUT2D eigenvalue weighted by Gasteiger charge is -2.42. The first-order valence-electron chi connectivity index (χ1n) is 12.2. The molecule has 0 bridgehead atoms. The third-order valence-corrected chi connectivity index (χ3v) is 7.67. The average molecular weight is 424 g/mol. The van der Waals surface area contributed by atoms with Gasteiger partial charge in [0.15, 0.2) is 0 Å². The number of benzene rings is 1. The van der Waals surface area contributed by atoms with Crippen LogP contribution < -0.4 is 5.32 Å². The fourth-order valence-electron chi connectivity index (χ4n) is 5.49. The monoisotopic (exact) mass is 423 g/mol. The molecule has 2 unspecified atom stereocenters. The van der Waals surface area contributed by atoms with Crippen LogP contribution in [0.1, 0.15) is 83.4 Å². The highest BCUT2D eigenvalue weighted by Crippen LogP contribution is 2.46. The summed E-state index contributed by atoms with van der Waals surface area (Å²) in [5, 5.41) is 12.6. The Hall–Kier alpha value is -1.65. The Balaban J connectivity index is 1.57. The van der Waals surface area contributed by atoms with Gasteiger partial charge >= 0.3 is 0 Å². The van der Waals surface area contributed by atoms with Crippen molar-refractivity contribution in [3.05, 3.63) is 41.0 Å². The van der Waals surface area contributed by atoms with Gasteiger partial charge in [-0.3, -0.25) is 0 Å². The number of hydrogen-bond acceptors (Lipinski definition) is 4. The second kappa shape index (κ2) is 8.71. The minimum atomic E-state index is 0.219. The van der Waals surface area contributed by atoms with Gasteiger partial charge in [0.1, 0.15) is 5.84 Å². The fourth-order valence-corrected chi connectivity index (χ4v) is 5.49. The van der Waals surface area contributed by atoms with Crippen LogP contribution in [0.25, 0.3) is 5.70 Å². The van der Waals surface area contributed by atoms with Crippen molar-refractivity contribution >= 4 is 11.5 Å². The van der Waals surface area contributed by atoms with E-state index in [0.717, 1.165) is 44.6 Å². The van der Waals surface area contributed by atoms with Gasteiger partial charge in [-0.05, 0) is 66.2 Å². The Labute approximate surface area is 188 Å². The Bertz CT molecular complexity index is 867. The highest BCUT2D eigenvalue weighted by Gasteiger charge is 2.37. The Morgan fingerprint density at radius 1 is 1.13 bits per heavy atom. The number of amidine groups is 1. The molecule has 1 aromatic carbocycles. The summed E-state index contributed by atoms with van der Waals surface area (Å²) in [7, 11) is 0. The van der Waals surface area contributed by atoms with Crippen LogP contribution >= 0.6 is 0 Å². The van der Waals surface area contributed by atoms with E-state index in [2.05, 4.69) is 69.1 Å². The Morgan fingerprint density at radius 3 is 2.61 bits per heavy atom. The lowest BCUT2D eigenvalue weighted by atomic mass is 9.63. The summed E-state index contributed by atoms with van der Waals surface area (Å²) in [6.07, 6.45) is 7.85. The predicted molar refractivity (Wildman–Crippen MR) is 131 cm³/mol. The Kier molecular flexibility index (Phi) is 6.33. The van der Waals surface area contributed by atoms with Crippen molar-refractivity contribution in [3.63, 3.8) is 0 Å². The number of aliphatic hydroxyl groups is 1. The molecular weight excluding hydrogens is 382 g/mol.